The lowest BCUT2D eigenvalue weighted by molar-refractivity contribution is 0.573. The Kier molecular flexibility index (Phi) is 2.67. The number of hydrogen-bond acceptors (Lipinski definition) is 3. The number of benzene rings is 2. The first kappa shape index (κ1) is 12.0. The van der Waals surface area contributed by atoms with Crippen LogP contribution in [0.1, 0.15) is 11.3 Å². The first-order chi connectivity index (χ1) is 10.3. The van der Waals surface area contributed by atoms with Crippen molar-refractivity contribution in [2.24, 2.45) is 0 Å². The second-order valence-corrected chi connectivity index (χ2v) is 5.12. The van der Waals surface area contributed by atoms with Crippen LogP contribution in [0.25, 0.3) is 21.9 Å². The second kappa shape index (κ2) is 4.66. The van der Waals surface area contributed by atoms with Gasteiger partial charge in [0, 0.05) is 28.6 Å². The van der Waals surface area contributed by atoms with Crippen molar-refractivity contribution in [3.63, 3.8) is 0 Å². The summed E-state index contributed by atoms with van der Waals surface area (Å²) in [6.07, 6.45) is 1.85. The standard InChI is InChI=1S/C17H15N3O/c1-11-13(12-5-2-3-8-17(12)21-11)9-18-15-6-4-7-16-14(15)10-19-20-16/h2-8,10,18H,9H2,1H3,(H,19,20). The first-order valence-corrected chi connectivity index (χ1v) is 6.96. The molecule has 0 spiro atoms. The zero-order valence-electron chi connectivity index (χ0n) is 11.7. The maximum absolute atomic E-state index is 5.80. The van der Waals surface area contributed by atoms with Crippen molar-refractivity contribution >= 4 is 27.6 Å². The lowest BCUT2D eigenvalue weighted by Crippen LogP contribution is -2.00. The van der Waals surface area contributed by atoms with Crippen LogP contribution in [0.15, 0.2) is 53.1 Å². The summed E-state index contributed by atoms with van der Waals surface area (Å²) in [5.41, 5.74) is 4.25. The van der Waals surface area contributed by atoms with E-state index in [0.717, 1.165) is 34.5 Å². The SMILES string of the molecule is Cc1oc2ccccc2c1CNc1cccc2[nH]ncc12. The van der Waals surface area contributed by atoms with Gasteiger partial charge in [-0.3, -0.25) is 5.10 Å². The Morgan fingerprint density at radius 2 is 2.00 bits per heavy atom. The topological polar surface area (TPSA) is 53.9 Å². The van der Waals surface area contributed by atoms with Crippen LogP contribution >= 0.6 is 0 Å². The summed E-state index contributed by atoms with van der Waals surface area (Å²) in [5, 5.41) is 12.8. The van der Waals surface area contributed by atoms with Crippen molar-refractivity contribution in [1.82, 2.24) is 10.2 Å². The third kappa shape index (κ3) is 1.96. The molecule has 2 aromatic carbocycles. The number of para-hydroxylation sites is 1. The van der Waals surface area contributed by atoms with Gasteiger partial charge in [0.1, 0.15) is 11.3 Å². The van der Waals surface area contributed by atoms with Gasteiger partial charge in [0.25, 0.3) is 0 Å². The van der Waals surface area contributed by atoms with Crippen LogP contribution in [0.4, 0.5) is 5.69 Å². The van der Waals surface area contributed by atoms with Crippen LogP contribution in [0.2, 0.25) is 0 Å². The van der Waals surface area contributed by atoms with Crippen LogP contribution in [-0.2, 0) is 6.54 Å². The summed E-state index contributed by atoms with van der Waals surface area (Å²) >= 11 is 0. The number of fused-ring (bicyclic) bond motifs is 2. The monoisotopic (exact) mass is 277 g/mol. The molecule has 21 heavy (non-hydrogen) atoms. The van der Waals surface area contributed by atoms with Gasteiger partial charge >= 0.3 is 0 Å². The van der Waals surface area contributed by atoms with Crippen molar-refractivity contribution < 1.29 is 4.42 Å². The maximum atomic E-state index is 5.80. The molecular weight excluding hydrogens is 262 g/mol. The number of aromatic nitrogens is 2. The zero-order chi connectivity index (χ0) is 14.2. The minimum atomic E-state index is 0.729. The van der Waals surface area contributed by atoms with Gasteiger partial charge < -0.3 is 9.73 Å². The fraction of sp³-hybridized carbons (Fsp3) is 0.118. The van der Waals surface area contributed by atoms with E-state index in [-0.39, 0.29) is 0 Å². The van der Waals surface area contributed by atoms with Crippen molar-refractivity contribution in [2.45, 2.75) is 13.5 Å². The number of aryl methyl sites for hydroxylation is 1. The first-order valence-electron chi connectivity index (χ1n) is 6.96. The van der Waals surface area contributed by atoms with Gasteiger partial charge in [-0.1, -0.05) is 24.3 Å². The molecule has 2 aromatic heterocycles. The lowest BCUT2D eigenvalue weighted by Gasteiger charge is -2.07. The average molecular weight is 277 g/mol. The van der Waals surface area contributed by atoms with Gasteiger partial charge in [-0.15, -0.1) is 0 Å². The number of nitrogens with one attached hydrogen (secondary N) is 2. The Labute approximate surface area is 121 Å². The van der Waals surface area contributed by atoms with E-state index in [9.17, 15) is 0 Å². The van der Waals surface area contributed by atoms with Gasteiger partial charge in [-0.05, 0) is 25.1 Å². The highest BCUT2D eigenvalue weighted by Gasteiger charge is 2.10. The highest BCUT2D eigenvalue weighted by atomic mass is 16.3. The van der Waals surface area contributed by atoms with Crippen molar-refractivity contribution in [3.05, 3.63) is 60.0 Å². The normalized spacial score (nSPS) is 11.3. The molecule has 4 rings (SSSR count). The fourth-order valence-corrected chi connectivity index (χ4v) is 2.75. The van der Waals surface area contributed by atoms with Crippen LogP contribution in [-0.4, -0.2) is 10.2 Å². The van der Waals surface area contributed by atoms with E-state index in [0.29, 0.717) is 0 Å². The van der Waals surface area contributed by atoms with E-state index in [1.807, 2.05) is 43.5 Å². The minimum Gasteiger partial charge on any atom is -0.461 e. The van der Waals surface area contributed by atoms with E-state index >= 15 is 0 Å². The number of H-pyrrole nitrogens is 1. The van der Waals surface area contributed by atoms with E-state index in [2.05, 4.69) is 27.6 Å². The summed E-state index contributed by atoms with van der Waals surface area (Å²) in [5.74, 6) is 0.961. The molecule has 0 unspecified atom stereocenters. The number of furan rings is 1. The van der Waals surface area contributed by atoms with Crippen LogP contribution < -0.4 is 5.32 Å². The van der Waals surface area contributed by atoms with Crippen LogP contribution in [0, 0.1) is 6.92 Å². The van der Waals surface area contributed by atoms with Crippen LogP contribution in [0.5, 0.6) is 0 Å². The second-order valence-electron chi connectivity index (χ2n) is 5.12. The van der Waals surface area contributed by atoms with E-state index < -0.39 is 0 Å². The molecule has 0 aliphatic heterocycles. The van der Waals surface area contributed by atoms with E-state index in [4.69, 9.17) is 4.42 Å². The smallest absolute Gasteiger partial charge is 0.134 e. The Morgan fingerprint density at radius 3 is 2.95 bits per heavy atom. The highest BCUT2D eigenvalue weighted by Crippen LogP contribution is 2.27. The summed E-state index contributed by atoms with van der Waals surface area (Å²) in [6, 6.07) is 14.2. The fourth-order valence-electron chi connectivity index (χ4n) is 2.75. The highest BCUT2D eigenvalue weighted by molar-refractivity contribution is 5.91. The third-order valence-electron chi connectivity index (χ3n) is 3.84. The molecule has 0 bridgehead atoms. The summed E-state index contributed by atoms with van der Waals surface area (Å²) in [6.45, 7) is 2.74. The molecule has 0 fully saturated rings. The lowest BCUT2D eigenvalue weighted by atomic mass is 10.1. The molecule has 104 valence electrons. The van der Waals surface area contributed by atoms with Crippen molar-refractivity contribution in [1.29, 1.82) is 0 Å². The molecule has 0 radical (unpaired) electrons. The molecule has 0 aliphatic rings. The molecule has 4 heteroatoms. The molecule has 2 heterocycles. The molecule has 2 N–H and O–H groups in total. The van der Waals surface area contributed by atoms with Crippen LogP contribution in [0.3, 0.4) is 0 Å². The number of nitrogens with zero attached hydrogens (tertiary/aromatic N) is 1. The molecule has 4 nitrogen and oxygen atoms in total. The van der Waals surface area contributed by atoms with Crippen molar-refractivity contribution in [3.8, 4) is 0 Å². The molecule has 0 atom stereocenters. The number of rotatable bonds is 3. The summed E-state index contributed by atoms with van der Waals surface area (Å²) in [4.78, 5) is 0. The van der Waals surface area contributed by atoms with Gasteiger partial charge in [0.05, 0.1) is 11.7 Å². The molecule has 4 aromatic rings. The molecule has 0 amide bonds. The maximum Gasteiger partial charge on any atom is 0.134 e. The van der Waals surface area contributed by atoms with Gasteiger partial charge in [-0.2, -0.15) is 5.10 Å². The number of hydrogen-bond donors (Lipinski definition) is 2. The number of anilines is 1. The molecule has 0 saturated carbocycles. The largest absolute Gasteiger partial charge is 0.461 e. The van der Waals surface area contributed by atoms with E-state index in [1.54, 1.807) is 0 Å². The predicted octanol–water partition coefficient (Wildman–Crippen LogP) is 4.23. The average Bonchev–Trinajstić information content (AvgIpc) is 3.09. The summed E-state index contributed by atoms with van der Waals surface area (Å²) < 4.78 is 5.80. The minimum absolute atomic E-state index is 0.729. The van der Waals surface area contributed by atoms with Crippen molar-refractivity contribution in [2.75, 3.05) is 5.32 Å². The Hall–Kier alpha value is -2.75. The Morgan fingerprint density at radius 1 is 1.10 bits per heavy atom. The zero-order valence-corrected chi connectivity index (χ0v) is 11.7. The van der Waals surface area contributed by atoms with E-state index in [1.165, 1.54) is 10.9 Å². The van der Waals surface area contributed by atoms with Gasteiger partial charge in [0.2, 0.25) is 0 Å². The molecule has 0 aliphatic carbocycles. The number of aromatic amines is 1. The van der Waals surface area contributed by atoms with Gasteiger partial charge in [0.15, 0.2) is 0 Å². The Bertz CT molecular complexity index is 920. The quantitative estimate of drug-likeness (QED) is 0.589. The Balaban J connectivity index is 1.70. The van der Waals surface area contributed by atoms with Gasteiger partial charge in [-0.25, -0.2) is 0 Å². The third-order valence-corrected chi connectivity index (χ3v) is 3.84. The predicted molar refractivity (Wildman–Crippen MR) is 84.4 cm³/mol. The summed E-state index contributed by atoms with van der Waals surface area (Å²) in [7, 11) is 0. The molecular formula is C17H15N3O. The molecule has 0 saturated heterocycles.